The van der Waals surface area contributed by atoms with Gasteiger partial charge in [-0.05, 0) is 62.5 Å². The lowest BCUT2D eigenvalue weighted by atomic mass is 9.68. The molecule has 33 heavy (non-hydrogen) atoms. The number of benzene rings is 1. The molecular formula is C28H34F3NO. The Labute approximate surface area is 195 Å². The van der Waals surface area contributed by atoms with Crippen molar-refractivity contribution in [3.05, 3.63) is 88.3 Å². The van der Waals surface area contributed by atoms with Crippen molar-refractivity contribution in [2.75, 3.05) is 5.32 Å². The van der Waals surface area contributed by atoms with Gasteiger partial charge in [0.2, 0.25) is 5.91 Å². The van der Waals surface area contributed by atoms with Crippen molar-refractivity contribution in [3.8, 4) is 0 Å². The number of hydrogen-bond acceptors (Lipinski definition) is 1. The van der Waals surface area contributed by atoms with Gasteiger partial charge in [0.25, 0.3) is 0 Å². The van der Waals surface area contributed by atoms with Crippen molar-refractivity contribution in [2.45, 2.75) is 60.8 Å². The van der Waals surface area contributed by atoms with Crippen molar-refractivity contribution in [2.24, 2.45) is 11.3 Å². The lowest BCUT2D eigenvalue weighted by molar-refractivity contribution is -0.112. The summed E-state index contributed by atoms with van der Waals surface area (Å²) in [7, 11) is 0. The van der Waals surface area contributed by atoms with Crippen LogP contribution in [0.15, 0.2) is 70.9 Å². The molecule has 0 aliphatic heterocycles. The third-order valence-electron chi connectivity index (χ3n) is 6.22. The lowest BCUT2D eigenvalue weighted by Gasteiger charge is -2.37. The molecule has 0 bridgehead atoms. The summed E-state index contributed by atoms with van der Waals surface area (Å²) in [4.78, 5) is 12.0. The van der Waals surface area contributed by atoms with Gasteiger partial charge >= 0.3 is 0 Å². The third kappa shape index (κ3) is 7.34. The van der Waals surface area contributed by atoms with E-state index in [1.165, 1.54) is 30.1 Å². The topological polar surface area (TPSA) is 29.1 Å². The Kier molecular flexibility index (Phi) is 9.09. The zero-order valence-electron chi connectivity index (χ0n) is 20.4. The molecule has 1 N–H and O–H groups in total. The van der Waals surface area contributed by atoms with E-state index in [1.54, 1.807) is 13.0 Å². The highest BCUT2D eigenvalue weighted by Crippen LogP contribution is 2.44. The van der Waals surface area contributed by atoms with E-state index in [0.717, 1.165) is 12.0 Å². The van der Waals surface area contributed by atoms with Crippen molar-refractivity contribution >= 4 is 11.6 Å². The van der Waals surface area contributed by atoms with Gasteiger partial charge in [0.15, 0.2) is 11.6 Å². The molecule has 1 amide bonds. The number of allylic oxidation sites excluding steroid dienone is 9. The number of anilines is 1. The summed E-state index contributed by atoms with van der Waals surface area (Å²) in [6, 6.07) is 1.04. The largest absolute Gasteiger partial charge is 0.318 e. The summed E-state index contributed by atoms with van der Waals surface area (Å²) in [6.07, 6.45) is 14.6. The van der Waals surface area contributed by atoms with E-state index in [0.29, 0.717) is 23.6 Å². The fourth-order valence-electron chi connectivity index (χ4n) is 4.21. The van der Waals surface area contributed by atoms with Gasteiger partial charge in [-0.3, -0.25) is 4.79 Å². The molecule has 0 spiro atoms. The molecule has 2 rings (SSSR count). The lowest BCUT2D eigenvalue weighted by Crippen LogP contribution is -2.24. The summed E-state index contributed by atoms with van der Waals surface area (Å²) >= 11 is 0. The number of amides is 1. The van der Waals surface area contributed by atoms with E-state index in [9.17, 15) is 18.0 Å². The maximum atomic E-state index is 13.7. The number of halogens is 3. The van der Waals surface area contributed by atoms with Gasteiger partial charge in [0, 0.05) is 18.2 Å². The van der Waals surface area contributed by atoms with Gasteiger partial charge in [-0.15, -0.1) is 0 Å². The Morgan fingerprint density at radius 1 is 1.12 bits per heavy atom. The predicted octanol–water partition coefficient (Wildman–Crippen LogP) is 8.21. The standard InChI is InChI=1S/C28H34F3NO/c1-7-21-13-14-28(5,6)23(20(21)4)12-11-18(2)9-8-10-19(3)15-26(33)32-27-24(30)16-22(29)17-25(27)31/h8-12,15-17,21H,7,13-14H2,1-6H3,(H,32,33)/b10-8+,12-11+,18-9+,19-15+. The first-order valence-electron chi connectivity index (χ1n) is 11.3. The molecule has 1 aromatic rings. The summed E-state index contributed by atoms with van der Waals surface area (Å²) in [5.74, 6) is -3.42. The molecule has 0 radical (unpaired) electrons. The Hall–Kier alpha value is -2.82. The molecule has 2 nitrogen and oxygen atoms in total. The van der Waals surface area contributed by atoms with Crippen LogP contribution >= 0.6 is 0 Å². The summed E-state index contributed by atoms with van der Waals surface area (Å²) in [5, 5.41) is 2.11. The zero-order valence-corrected chi connectivity index (χ0v) is 20.4. The Morgan fingerprint density at radius 2 is 1.76 bits per heavy atom. The van der Waals surface area contributed by atoms with Crippen molar-refractivity contribution in [3.63, 3.8) is 0 Å². The SMILES string of the molecule is CCC1CCC(C)(C)C(/C=C/C(C)=C/C=C/C(C)=C/C(=O)Nc2c(F)cc(F)cc2F)=C1C. The van der Waals surface area contributed by atoms with Crippen LogP contribution in [0.5, 0.6) is 0 Å². The average Bonchev–Trinajstić information content (AvgIpc) is 2.70. The first-order valence-corrected chi connectivity index (χ1v) is 11.3. The van der Waals surface area contributed by atoms with Crippen LogP contribution in [0.4, 0.5) is 18.9 Å². The van der Waals surface area contributed by atoms with Gasteiger partial charge in [-0.25, -0.2) is 13.2 Å². The molecule has 0 saturated carbocycles. The number of hydrogen-bond donors (Lipinski definition) is 1. The van der Waals surface area contributed by atoms with E-state index in [2.05, 4.69) is 45.2 Å². The van der Waals surface area contributed by atoms with Crippen molar-refractivity contribution in [1.29, 1.82) is 0 Å². The van der Waals surface area contributed by atoms with Gasteiger partial charge in [0.05, 0.1) is 0 Å². The molecule has 1 unspecified atom stereocenters. The molecule has 178 valence electrons. The summed E-state index contributed by atoms with van der Waals surface area (Å²) in [6.45, 7) is 12.8. The highest BCUT2D eigenvalue weighted by Gasteiger charge is 2.30. The molecule has 1 aliphatic rings. The fourth-order valence-corrected chi connectivity index (χ4v) is 4.21. The summed E-state index contributed by atoms with van der Waals surface area (Å²) in [5.41, 5.74) is 4.04. The fraction of sp³-hybridized carbons (Fsp3) is 0.393. The molecule has 5 heteroatoms. The third-order valence-corrected chi connectivity index (χ3v) is 6.22. The first-order chi connectivity index (χ1) is 15.4. The maximum Gasteiger partial charge on any atom is 0.248 e. The van der Waals surface area contributed by atoms with E-state index >= 15 is 0 Å². The molecule has 0 saturated heterocycles. The Morgan fingerprint density at radius 3 is 2.36 bits per heavy atom. The monoisotopic (exact) mass is 457 g/mol. The van der Waals surface area contributed by atoms with Crippen LogP contribution in [-0.4, -0.2) is 5.91 Å². The van der Waals surface area contributed by atoms with Crippen LogP contribution in [0.25, 0.3) is 0 Å². The van der Waals surface area contributed by atoms with E-state index in [1.807, 2.05) is 19.1 Å². The highest BCUT2D eigenvalue weighted by molar-refractivity contribution is 6.00. The Bertz CT molecular complexity index is 1020. The first kappa shape index (κ1) is 26.4. The Balaban J connectivity index is 2.06. The minimum Gasteiger partial charge on any atom is -0.318 e. The van der Waals surface area contributed by atoms with Gasteiger partial charge in [0.1, 0.15) is 11.5 Å². The van der Waals surface area contributed by atoms with Crippen LogP contribution in [0.2, 0.25) is 0 Å². The van der Waals surface area contributed by atoms with Gasteiger partial charge in [-0.2, -0.15) is 0 Å². The second kappa shape index (κ2) is 11.4. The number of rotatable bonds is 7. The van der Waals surface area contributed by atoms with Gasteiger partial charge < -0.3 is 5.32 Å². The van der Waals surface area contributed by atoms with Crippen LogP contribution in [0.3, 0.4) is 0 Å². The van der Waals surface area contributed by atoms with Crippen LogP contribution < -0.4 is 5.32 Å². The second-order valence-corrected chi connectivity index (χ2v) is 9.35. The zero-order chi connectivity index (χ0) is 24.8. The normalized spacial score (nSPS) is 19.6. The van der Waals surface area contributed by atoms with E-state index in [-0.39, 0.29) is 5.41 Å². The number of carbonyl (C=O) groups excluding carboxylic acids is 1. The van der Waals surface area contributed by atoms with Gasteiger partial charge in [-0.1, -0.05) is 62.3 Å². The minimum atomic E-state index is -1.16. The smallest absolute Gasteiger partial charge is 0.248 e. The molecule has 0 heterocycles. The quantitative estimate of drug-likeness (QED) is 0.324. The molecule has 1 aliphatic carbocycles. The molecule has 0 fully saturated rings. The minimum absolute atomic E-state index is 0.165. The van der Waals surface area contributed by atoms with Crippen molar-refractivity contribution < 1.29 is 18.0 Å². The van der Waals surface area contributed by atoms with E-state index in [4.69, 9.17) is 0 Å². The average molecular weight is 458 g/mol. The van der Waals surface area contributed by atoms with E-state index < -0.39 is 29.0 Å². The summed E-state index contributed by atoms with van der Waals surface area (Å²) < 4.78 is 40.3. The molecule has 1 atom stereocenters. The molecular weight excluding hydrogens is 423 g/mol. The van der Waals surface area contributed by atoms with Crippen molar-refractivity contribution in [1.82, 2.24) is 0 Å². The highest BCUT2D eigenvalue weighted by atomic mass is 19.1. The number of carbonyl (C=O) groups is 1. The van der Waals surface area contributed by atoms with Crippen LogP contribution in [0, 0.1) is 28.8 Å². The number of nitrogens with one attached hydrogen (secondary N) is 1. The maximum absolute atomic E-state index is 13.7. The molecule has 1 aromatic carbocycles. The predicted molar refractivity (Wildman–Crippen MR) is 130 cm³/mol. The van der Waals surface area contributed by atoms with Crippen LogP contribution in [0.1, 0.15) is 60.8 Å². The second-order valence-electron chi connectivity index (χ2n) is 9.35. The molecule has 0 aromatic heterocycles. The van der Waals surface area contributed by atoms with Crippen LogP contribution in [-0.2, 0) is 4.79 Å².